The topological polar surface area (TPSA) is 101 Å². The van der Waals surface area contributed by atoms with Crippen LogP contribution in [0.2, 0.25) is 0 Å². The van der Waals surface area contributed by atoms with Crippen molar-refractivity contribution in [2.75, 3.05) is 5.32 Å². The van der Waals surface area contributed by atoms with Gasteiger partial charge in [-0.2, -0.15) is 0 Å². The molecule has 0 fully saturated rings. The van der Waals surface area contributed by atoms with E-state index in [4.69, 9.17) is 0 Å². The molecule has 2 rings (SSSR count). The van der Waals surface area contributed by atoms with Crippen LogP contribution in [0.1, 0.15) is 25.8 Å². The Morgan fingerprint density at radius 2 is 1.91 bits per heavy atom. The first-order chi connectivity index (χ1) is 10.9. The lowest BCUT2D eigenvalue weighted by atomic mass is 10.1. The third-order valence-electron chi connectivity index (χ3n) is 2.79. The molecule has 1 heterocycles. The molecule has 0 saturated heterocycles. The molecule has 2 aromatic rings. The maximum absolute atomic E-state index is 12.2. The number of sulfonamides is 1. The van der Waals surface area contributed by atoms with Crippen LogP contribution in [0, 0.1) is 5.92 Å². The van der Waals surface area contributed by atoms with Crippen LogP contribution in [0.15, 0.2) is 34.7 Å². The molecule has 124 valence electrons. The van der Waals surface area contributed by atoms with Gasteiger partial charge in [0.15, 0.2) is 0 Å². The Balaban J connectivity index is 1.99. The zero-order valence-electron chi connectivity index (χ0n) is 12.8. The number of aromatic nitrogens is 2. The summed E-state index contributed by atoms with van der Waals surface area (Å²) in [7, 11) is -3.75. The minimum atomic E-state index is -3.75. The molecule has 0 atom stereocenters. The zero-order chi connectivity index (χ0) is 16.9. The number of hydrogen-bond acceptors (Lipinski definition) is 6. The van der Waals surface area contributed by atoms with Crippen molar-refractivity contribution in [3.8, 4) is 0 Å². The van der Waals surface area contributed by atoms with Crippen molar-refractivity contribution in [2.45, 2.75) is 31.2 Å². The maximum atomic E-state index is 12.2. The standard InChI is InChI=1S/C14H18N4O3S2/c1-10(2)8-12(19)16-13-17-18-14(22-13)23(20,21)15-9-11-6-4-3-5-7-11/h3-7,10,15H,8-9H2,1-2H3,(H,16,17,19). The summed E-state index contributed by atoms with van der Waals surface area (Å²) in [4.78, 5) is 11.7. The number of hydrogen-bond donors (Lipinski definition) is 2. The Kier molecular flexibility index (Phi) is 5.80. The van der Waals surface area contributed by atoms with Crippen molar-refractivity contribution in [2.24, 2.45) is 5.92 Å². The lowest BCUT2D eigenvalue weighted by molar-refractivity contribution is -0.116. The second kappa shape index (κ2) is 7.62. The van der Waals surface area contributed by atoms with Crippen LogP contribution in [-0.2, 0) is 21.4 Å². The Labute approximate surface area is 139 Å². The fraction of sp³-hybridized carbons (Fsp3) is 0.357. The monoisotopic (exact) mass is 354 g/mol. The minimum Gasteiger partial charge on any atom is -0.300 e. The lowest BCUT2D eigenvalue weighted by Gasteiger charge is -2.03. The van der Waals surface area contributed by atoms with Gasteiger partial charge in [0, 0.05) is 13.0 Å². The molecule has 1 amide bonds. The van der Waals surface area contributed by atoms with E-state index in [1.807, 2.05) is 44.2 Å². The van der Waals surface area contributed by atoms with E-state index in [1.165, 1.54) is 0 Å². The van der Waals surface area contributed by atoms with Crippen LogP contribution in [0.4, 0.5) is 5.13 Å². The van der Waals surface area contributed by atoms with Crippen molar-refractivity contribution < 1.29 is 13.2 Å². The van der Waals surface area contributed by atoms with Crippen LogP contribution < -0.4 is 10.0 Å². The normalized spacial score (nSPS) is 11.6. The van der Waals surface area contributed by atoms with Crippen molar-refractivity contribution in [3.05, 3.63) is 35.9 Å². The molecule has 0 unspecified atom stereocenters. The fourth-order valence-corrected chi connectivity index (χ4v) is 3.72. The molecule has 0 aliphatic heterocycles. The van der Waals surface area contributed by atoms with Crippen molar-refractivity contribution in [1.29, 1.82) is 0 Å². The molecule has 0 aliphatic carbocycles. The van der Waals surface area contributed by atoms with Gasteiger partial charge in [-0.25, -0.2) is 13.1 Å². The van der Waals surface area contributed by atoms with Crippen LogP contribution >= 0.6 is 11.3 Å². The smallest absolute Gasteiger partial charge is 0.270 e. The van der Waals surface area contributed by atoms with E-state index in [0.717, 1.165) is 16.9 Å². The van der Waals surface area contributed by atoms with Gasteiger partial charge >= 0.3 is 0 Å². The molecule has 9 heteroatoms. The highest BCUT2D eigenvalue weighted by Crippen LogP contribution is 2.20. The summed E-state index contributed by atoms with van der Waals surface area (Å²) in [6.07, 6.45) is 0.341. The summed E-state index contributed by atoms with van der Waals surface area (Å²) in [5, 5.41) is 10.1. The van der Waals surface area contributed by atoms with E-state index in [-0.39, 0.29) is 27.8 Å². The average Bonchev–Trinajstić information content (AvgIpc) is 2.95. The van der Waals surface area contributed by atoms with E-state index in [9.17, 15) is 13.2 Å². The molecular formula is C14H18N4O3S2. The molecule has 1 aromatic heterocycles. The Morgan fingerprint density at radius 3 is 2.57 bits per heavy atom. The highest BCUT2D eigenvalue weighted by molar-refractivity contribution is 7.91. The van der Waals surface area contributed by atoms with Gasteiger partial charge in [-0.3, -0.25) is 4.79 Å². The Bertz CT molecular complexity index is 757. The fourth-order valence-electron chi connectivity index (χ4n) is 1.75. The number of nitrogens with zero attached hydrogens (tertiary/aromatic N) is 2. The van der Waals surface area contributed by atoms with E-state index >= 15 is 0 Å². The second-order valence-electron chi connectivity index (χ2n) is 5.33. The largest absolute Gasteiger partial charge is 0.300 e. The van der Waals surface area contributed by atoms with Crippen LogP contribution in [-0.4, -0.2) is 24.5 Å². The number of benzene rings is 1. The molecule has 0 spiro atoms. The molecule has 0 radical (unpaired) electrons. The van der Waals surface area contributed by atoms with Crippen molar-refractivity contribution in [3.63, 3.8) is 0 Å². The van der Waals surface area contributed by atoms with Gasteiger partial charge in [0.05, 0.1) is 0 Å². The van der Waals surface area contributed by atoms with Crippen LogP contribution in [0.3, 0.4) is 0 Å². The minimum absolute atomic E-state index is 0.164. The second-order valence-corrected chi connectivity index (χ2v) is 8.25. The SMILES string of the molecule is CC(C)CC(=O)Nc1nnc(S(=O)(=O)NCc2ccccc2)s1. The molecule has 7 nitrogen and oxygen atoms in total. The zero-order valence-corrected chi connectivity index (χ0v) is 14.4. The molecule has 0 saturated carbocycles. The molecule has 2 N–H and O–H groups in total. The molecule has 0 aliphatic rings. The highest BCUT2D eigenvalue weighted by Gasteiger charge is 2.20. The van der Waals surface area contributed by atoms with Crippen LogP contribution in [0.5, 0.6) is 0 Å². The first-order valence-corrected chi connectivity index (χ1v) is 9.34. The third kappa shape index (κ3) is 5.38. The van der Waals surface area contributed by atoms with Gasteiger partial charge in [0.2, 0.25) is 15.4 Å². The average molecular weight is 354 g/mol. The summed E-state index contributed by atoms with van der Waals surface area (Å²) in [5.41, 5.74) is 0.839. The number of rotatable bonds is 7. The van der Waals surface area contributed by atoms with E-state index in [0.29, 0.717) is 6.42 Å². The summed E-state index contributed by atoms with van der Waals surface area (Å²) in [6.45, 7) is 4.00. The predicted octanol–water partition coefficient (Wildman–Crippen LogP) is 2.00. The summed E-state index contributed by atoms with van der Waals surface area (Å²) >= 11 is 0.826. The quantitative estimate of drug-likeness (QED) is 0.741. The summed E-state index contributed by atoms with van der Waals surface area (Å²) < 4.78 is 26.6. The lowest BCUT2D eigenvalue weighted by Crippen LogP contribution is -2.23. The van der Waals surface area contributed by atoms with Gasteiger partial charge in [0.25, 0.3) is 10.0 Å². The Morgan fingerprint density at radius 1 is 1.22 bits per heavy atom. The van der Waals surface area contributed by atoms with Gasteiger partial charge in [-0.15, -0.1) is 10.2 Å². The van der Waals surface area contributed by atoms with Gasteiger partial charge < -0.3 is 5.32 Å². The van der Waals surface area contributed by atoms with Gasteiger partial charge in [0.1, 0.15) is 0 Å². The van der Waals surface area contributed by atoms with Crippen molar-refractivity contribution >= 4 is 32.4 Å². The number of carbonyl (C=O) groups is 1. The molecule has 0 bridgehead atoms. The molecular weight excluding hydrogens is 336 g/mol. The van der Waals surface area contributed by atoms with E-state index < -0.39 is 10.0 Å². The first kappa shape index (κ1) is 17.5. The van der Waals surface area contributed by atoms with Crippen molar-refractivity contribution in [1.82, 2.24) is 14.9 Å². The third-order valence-corrected chi connectivity index (χ3v) is 5.39. The highest BCUT2D eigenvalue weighted by atomic mass is 32.2. The summed E-state index contributed by atoms with van der Waals surface area (Å²) in [6, 6.07) is 9.16. The molecule has 23 heavy (non-hydrogen) atoms. The Hall–Kier alpha value is -1.84. The first-order valence-electron chi connectivity index (χ1n) is 7.04. The predicted molar refractivity (Wildman–Crippen MR) is 88.5 cm³/mol. The van der Waals surface area contributed by atoms with Gasteiger partial charge in [-0.1, -0.05) is 55.5 Å². The number of carbonyl (C=O) groups excluding carboxylic acids is 1. The number of anilines is 1. The summed E-state index contributed by atoms with van der Waals surface area (Å²) in [5.74, 6) is -0.00370. The molecule has 1 aromatic carbocycles. The number of nitrogens with one attached hydrogen (secondary N) is 2. The maximum Gasteiger partial charge on any atom is 0.270 e. The van der Waals surface area contributed by atoms with E-state index in [2.05, 4.69) is 20.2 Å². The van der Waals surface area contributed by atoms with Gasteiger partial charge in [-0.05, 0) is 11.5 Å². The van der Waals surface area contributed by atoms with E-state index in [1.54, 1.807) is 0 Å². The van der Waals surface area contributed by atoms with Crippen LogP contribution in [0.25, 0.3) is 0 Å². The number of amides is 1.